The highest BCUT2D eigenvalue weighted by Crippen LogP contribution is 2.24. The van der Waals surface area contributed by atoms with Crippen molar-refractivity contribution >= 4 is 46.0 Å². The Bertz CT molecular complexity index is 585. The normalized spacial score (nSPS) is 12.1. The number of hydrogen-bond donors (Lipinski definition) is 0. The molecule has 3 nitrogen and oxygen atoms in total. The molecule has 0 aliphatic carbocycles. The minimum atomic E-state index is -1.73. The molecule has 2 rings (SSSR count). The van der Waals surface area contributed by atoms with Gasteiger partial charge in [0.15, 0.2) is 12.6 Å². The SMILES string of the molecule is COC(OC)c1ccc([Si](C)(C)c2ccc(C=O)s2)s1. The van der Waals surface area contributed by atoms with Gasteiger partial charge in [-0.15, -0.1) is 22.7 Å². The number of thiophene rings is 2. The van der Waals surface area contributed by atoms with Crippen LogP contribution in [0.2, 0.25) is 13.1 Å². The summed E-state index contributed by atoms with van der Waals surface area (Å²) >= 11 is 3.34. The average molecular weight is 327 g/mol. The van der Waals surface area contributed by atoms with Gasteiger partial charge in [0.2, 0.25) is 0 Å². The summed E-state index contributed by atoms with van der Waals surface area (Å²) in [4.78, 5) is 12.7. The van der Waals surface area contributed by atoms with Crippen LogP contribution in [-0.4, -0.2) is 28.6 Å². The molecule has 0 spiro atoms. The molecule has 2 aromatic rings. The molecule has 0 atom stereocenters. The first-order valence-electron chi connectivity index (χ1n) is 6.24. The van der Waals surface area contributed by atoms with E-state index < -0.39 is 8.07 Å². The minimum absolute atomic E-state index is 0.299. The quantitative estimate of drug-likeness (QED) is 0.465. The third-order valence-corrected chi connectivity index (χ3v) is 11.5. The third-order valence-electron chi connectivity index (χ3n) is 3.26. The van der Waals surface area contributed by atoms with Gasteiger partial charge in [-0.25, -0.2) is 0 Å². The lowest BCUT2D eigenvalue weighted by Crippen LogP contribution is -2.50. The Morgan fingerprint density at radius 1 is 1.05 bits per heavy atom. The summed E-state index contributed by atoms with van der Waals surface area (Å²) in [5.74, 6) is 0. The molecular weight excluding hydrogens is 308 g/mol. The first-order valence-corrected chi connectivity index (χ1v) is 10.9. The largest absolute Gasteiger partial charge is 0.351 e. The zero-order valence-corrected chi connectivity index (χ0v) is 14.6. The Kier molecular flexibility index (Phi) is 4.93. The Balaban J connectivity index is 2.31. The van der Waals surface area contributed by atoms with E-state index in [4.69, 9.17) is 9.47 Å². The van der Waals surface area contributed by atoms with E-state index in [1.807, 2.05) is 6.07 Å². The number of methoxy groups -OCH3 is 2. The van der Waals surface area contributed by atoms with Crippen molar-refractivity contribution < 1.29 is 14.3 Å². The lowest BCUT2D eigenvalue weighted by molar-refractivity contribution is -0.103. The lowest BCUT2D eigenvalue weighted by Gasteiger charge is -2.19. The maximum atomic E-state index is 10.8. The van der Waals surface area contributed by atoms with Gasteiger partial charge in [0.05, 0.1) is 9.75 Å². The van der Waals surface area contributed by atoms with Gasteiger partial charge < -0.3 is 9.47 Å². The van der Waals surface area contributed by atoms with Crippen LogP contribution >= 0.6 is 22.7 Å². The summed E-state index contributed by atoms with van der Waals surface area (Å²) in [7, 11) is 1.55. The fourth-order valence-corrected chi connectivity index (χ4v) is 8.25. The first-order chi connectivity index (χ1) is 9.52. The monoisotopic (exact) mass is 326 g/mol. The molecule has 2 aromatic heterocycles. The van der Waals surface area contributed by atoms with E-state index >= 15 is 0 Å². The summed E-state index contributed by atoms with van der Waals surface area (Å²) in [6.45, 7) is 4.61. The second kappa shape index (κ2) is 6.32. The molecule has 0 amide bonds. The molecule has 0 radical (unpaired) electrons. The fraction of sp³-hybridized carbons (Fsp3) is 0.357. The van der Waals surface area contributed by atoms with Crippen molar-refractivity contribution in [1.29, 1.82) is 0 Å². The van der Waals surface area contributed by atoms with E-state index in [9.17, 15) is 4.79 Å². The molecule has 0 aromatic carbocycles. The Morgan fingerprint density at radius 3 is 2.20 bits per heavy atom. The minimum Gasteiger partial charge on any atom is -0.351 e. The molecule has 0 bridgehead atoms. The van der Waals surface area contributed by atoms with E-state index in [0.717, 1.165) is 16.0 Å². The molecule has 0 N–H and O–H groups in total. The second-order valence-electron chi connectivity index (χ2n) is 4.95. The first kappa shape index (κ1) is 15.6. The topological polar surface area (TPSA) is 35.5 Å². The zero-order valence-electron chi connectivity index (χ0n) is 12.0. The predicted molar refractivity (Wildman–Crippen MR) is 87.5 cm³/mol. The Labute approximate surface area is 128 Å². The molecule has 0 unspecified atom stereocenters. The fourth-order valence-electron chi connectivity index (χ4n) is 2.02. The number of aldehydes is 1. The van der Waals surface area contributed by atoms with Gasteiger partial charge in [0.25, 0.3) is 0 Å². The summed E-state index contributed by atoms with van der Waals surface area (Å²) in [5, 5.41) is 0. The Morgan fingerprint density at radius 2 is 1.65 bits per heavy atom. The highest BCUT2D eigenvalue weighted by molar-refractivity contribution is 7.37. The molecule has 0 fully saturated rings. The predicted octanol–water partition coefficient (Wildman–Crippen LogP) is 2.74. The molecule has 108 valence electrons. The van der Waals surface area contributed by atoms with Gasteiger partial charge >= 0.3 is 0 Å². The van der Waals surface area contributed by atoms with E-state index in [1.165, 1.54) is 9.00 Å². The summed E-state index contributed by atoms with van der Waals surface area (Å²) in [6, 6.07) is 8.23. The van der Waals surface area contributed by atoms with Gasteiger partial charge in [0, 0.05) is 14.2 Å². The maximum Gasteiger partial charge on any atom is 0.192 e. The third kappa shape index (κ3) is 2.94. The maximum absolute atomic E-state index is 10.8. The molecule has 20 heavy (non-hydrogen) atoms. The average Bonchev–Trinajstić information content (AvgIpc) is 3.09. The highest BCUT2D eigenvalue weighted by atomic mass is 32.1. The van der Waals surface area contributed by atoms with Gasteiger partial charge in [-0.05, 0) is 21.1 Å². The van der Waals surface area contributed by atoms with Crippen LogP contribution in [0.15, 0.2) is 24.3 Å². The van der Waals surface area contributed by atoms with Crippen LogP contribution in [0.4, 0.5) is 0 Å². The van der Waals surface area contributed by atoms with E-state index in [-0.39, 0.29) is 6.29 Å². The summed E-state index contributed by atoms with van der Waals surface area (Å²) in [5.41, 5.74) is 0. The highest BCUT2D eigenvalue weighted by Gasteiger charge is 2.30. The van der Waals surface area contributed by atoms with Crippen LogP contribution in [0, 0.1) is 0 Å². The number of carbonyl (C=O) groups is 1. The molecule has 0 aliphatic rings. The lowest BCUT2D eigenvalue weighted by atomic mass is 10.4. The number of ether oxygens (including phenoxy) is 2. The van der Waals surface area contributed by atoms with Crippen LogP contribution in [-0.2, 0) is 9.47 Å². The van der Waals surface area contributed by atoms with E-state index in [2.05, 4.69) is 31.3 Å². The number of carbonyl (C=O) groups excluding carboxylic acids is 1. The van der Waals surface area contributed by atoms with Crippen molar-refractivity contribution in [2.75, 3.05) is 14.2 Å². The van der Waals surface area contributed by atoms with Gasteiger partial charge in [-0.3, -0.25) is 4.79 Å². The number of hydrogen-bond acceptors (Lipinski definition) is 5. The van der Waals surface area contributed by atoms with Gasteiger partial charge in [-0.1, -0.05) is 25.2 Å². The number of rotatable bonds is 6. The van der Waals surface area contributed by atoms with Crippen LogP contribution in [0.25, 0.3) is 0 Å². The van der Waals surface area contributed by atoms with Crippen molar-refractivity contribution in [3.05, 3.63) is 34.0 Å². The van der Waals surface area contributed by atoms with Crippen LogP contribution < -0.4 is 9.00 Å². The molecule has 0 saturated carbocycles. The second-order valence-corrected chi connectivity index (χ2v) is 12.2. The van der Waals surface area contributed by atoms with Crippen LogP contribution in [0.1, 0.15) is 20.8 Å². The standard InChI is InChI=1S/C14H18O3S2Si/c1-16-14(17-2)11-6-8-13(19-11)20(3,4)12-7-5-10(9-15)18-12/h5-9,14H,1-4H3. The van der Waals surface area contributed by atoms with Gasteiger partial charge in [0.1, 0.15) is 8.07 Å². The van der Waals surface area contributed by atoms with Crippen molar-refractivity contribution in [3.63, 3.8) is 0 Å². The molecule has 2 heterocycles. The summed E-state index contributed by atoms with van der Waals surface area (Å²) < 4.78 is 13.3. The zero-order chi connectivity index (χ0) is 14.8. The van der Waals surface area contributed by atoms with E-state index in [1.54, 1.807) is 36.9 Å². The molecule has 0 aliphatic heterocycles. The smallest absolute Gasteiger partial charge is 0.192 e. The van der Waals surface area contributed by atoms with Crippen LogP contribution in [0.5, 0.6) is 0 Å². The van der Waals surface area contributed by atoms with E-state index in [0.29, 0.717) is 0 Å². The van der Waals surface area contributed by atoms with Gasteiger partial charge in [-0.2, -0.15) is 0 Å². The molecule has 6 heteroatoms. The van der Waals surface area contributed by atoms with Crippen molar-refractivity contribution in [1.82, 2.24) is 0 Å². The van der Waals surface area contributed by atoms with Crippen molar-refractivity contribution in [2.24, 2.45) is 0 Å². The molecule has 0 saturated heterocycles. The van der Waals surface area contributed by atoms with Crippen LogP contribution in [0.3, 0.4) is 0 Å². The summed E-state index contributed by atoms with van der Waals surface area (Å²) in [6.07, 6.45) is 0.622. The van der Waals surface area contributed by atoms with Crippen molar-refractivity contribution in [2.45, 2.75) is 19.4 Å². The van der Waals surface area contributed by atoms with Crippen molar-refractivity contribution in [3.8, 4) is 0 Å². The molecular formula is C14H18O3S2Si. The Hall–Kier alpha value is -0.793.